The second kappa shape index (κ2) is 7.98. The summed E-state index contributed by atoms with van der Waals surface area (Å²) in [7, 11) is 4.76. The summed E-state index contributed by atoms with van der Waals surface area (Å²) in [6.45, 7) is 3.37. The number of nitrogens with one attached hydrogen (secondary N) is 1. The molecule has 0 unspecified atom stereocenters. The molecule has 0 saturated carbocycles. The van der Waals surface area contributed by atoms with Crippen LogP contribution in [0, 0.1) is 6.92 Å². The fraction of sp³-hybridized carbons (Fsp3) is 0.333. The first-order chi connectivity index (χ1) is 14.9. The molecule has 1 amide bonds. The normalized spacial score (nSPS) is 14.9. The molecule has 1 atom stereocenters. The highest BCUT2D eigenvalue weighted by molar-refractivity contribution is 5.92. The molecule has 1 aliphatic rings. The lowest BCUT2D eigenvalue weighted by molar-refractivity contribution is -0.119. The number of methoxy groups -OCH3 is 3. The molecule has 0 aliphatic heterocycles. The Balaban J connectivity index is 2.12. The Hall–Kier alpha value is -3.48. The minimum absolute atomic E-state index is 0.130. The van der Waals surface area contributed by atoms with Gasteiger partial charge in [-0.15, -0.1) is 0 Å². The molecular formula is C24H25NO6. The Kier molecular flexibility index (Phi) is 5.35. The van der Waals surface area contributed by atoms with Gasteiger partial charge in [-0.1, -0.05) is 0 Å². The number of amides is 1. The minimum atomic E-state index is -0.404. The predicted molar refractivity (Wildman–Crippen MR) is 117 cm³/mol. The molecule has 2 aromatic carbocycles. The van der Waals surface area contributed by atoms with Crippen molar-refractivity contribution in [2.24, 2.45) is 0 Å². The number of benzene rings is 2. The van der Waals surface area contributed by atoms with Crippen LogP contribution >= 0.6 is 0 Å². The third kappa shape index (κ3) is 3.50. The zero-order valence-electron chi connectivity index (χ0n) is 18.3. The van der Waals surface area contributed by atoms with Gasteiger partial charge in [-0.25, -0.2) is 4.79 Å². The lowest BCUT2D eigenvalue weighted by atomic mass is 9.91. The largest absolute Gasteiger partial charge is 0.493 e. The van der Waals surface area contributed by atoms with Gasteiger partial charge in [0.2, 0.25) is 11.7 Å². The van der Waals surface area contributed by atoms with Gasteiger partial charge < -0.3 is 23.9 Å². The van der Waals surface area contributed by atoms with E-state index in [9.17, 15) is 9.59 Å². The summed E-state index contributed by atoms with van der Waals surface area (Å²) >= 11 is 0. The Labute approximate surface area is 179 Å². The van der Waals surface area contributed by atoms with Crippen LogP contribution in [0.3, 0.4) is 0 Å². The van der Waals surface area contributed by atoms with E-state index in [1.165, 1.54) is 13.0 Å². The van der Waals surface area contributed by atoms with Crippen LogP contribution in [0.1, 0.15) is 36.1 Å². The Morgan fingerprint density at radius 3 is 2.45 bits per heavy atom. The van der Waals surface area contributed by atoms with E-state index in [0.717, 1.165) is 33.2 Å². The molecule has 0 spiro atoms. The van der Waals surface area contributed by atoms with Crippen LogP contribution in [0.5, 0.6) is 17.2 Å². The van der Waals surface area contributed by atoms with Crippen molar-refractivity contribution < 1.29 is 23.4 Å². The quantitative estimate of drug-likeness (QED) is 0.640. The van der Waals surface area contributed by atoms with Crippen molar-refractivity contribution in [3.8, 4) is 28.4 Å². The van der Waals surface area contributed by atoms with Gasteiger partial charge in [0.1, 0.15) is 5.58 Å². The molecule has 1 aliphatic carbocycles. The second-order valence-electron chi connectivity index (χ2n) is 7.66. The van der Waals surface area contributed by atoms with Crippen LogP contribution in [0.4, 0.5) is 0 Å². The van der Waals surface area contributed by atoms with Crippen molar-refractivity contribution in [1.29, 1.82) is 0 Å². The molecule has 3 aromatic rings. The smallest absolute Gasteiger partial charge is 0.336 e. The molecule has 1 N–H and O–H groups in total. The molecule has 1 heterocycles. The maximum absolute atomic E-state index is 12.0. The van der Waals surface area contributed by atoms with E-state index in [-0.39, 0.29) is 11.9 Å². The topological polar surface area (TPSA) is 87.0 Å². The van der Waals surface area contributed by atoms with Crippen molar-refractivity contribution in [3.05, 3.63) is 51.4 Å². The summed E-state index contributed by atoms with van der Waals surface area (Å²) in [6.07, 6.45) is 1.35. The average molecular weight is 423 g/mol. The Bertz CT molecular complexity index is 1240. The Morgan fingerprint density at radius 1 is 1.06 bits per heavy atom. The summed E-state index contributed by atoms with van der Waals surface area (Å²) in [6, 6.07) is 7.03. The van der Waals surface area contributed by atoms with Gasteiger partial charge in [0.25, 0.3) is 0 Å². The first kappa shape index (κ1) is 20.8. The van der Waals surface area contributed by atoms with Crippen LogP contribution in [0.15, 0.2) is 33.5 Å². The number of fused-ring (bicyclic) bond motifs is 4. The van der Waals surface area contributed by atoms with Crippen molar-refractivity contribution in [3.63, 3.8) is 0 Å². The molecule has 0 saturated heterocycles. The van der Waals surface area contributed by atoms with Gasteiger partial charge in [0.15, 0.2) is 11.5 Å². The van der Waals surface area contributed by atoms with Crippen molar-refractivity contribution in [2.45, 2.75) is 32.7 Å². The van der Waals surface area contributed by atoms with E-state index < -0.39 is 5.63 Å². The number of carbonyl (C=O) groups excluding carboxylic acids is 1. The molecule has 31 heavy (non-hydrogen) atoms. The summed E-state index contributed by atoms with van der Waals surface area (Å²) in [4.78, 5) is 23.9. The number of carbonyl (C=O) groups is 1. The predicted octanol–water partition coefficient (Wildman–Crippen LogP) is 3.92. The van der Waals surface area contributed by atoms with Crippen LogP contribution in [0.25, 0.3) is 22.1 Å². The minimum Gasteiger partial charge on any atom is -0.493 e. The second-order valence-corrected chi connectivity index (χ2v) is 7.66. The fourth-order valence-electron chi connectivity index (χ4n) is 4.44. The maximum Gasteiger partial charge on any atom is 0.336 e. The molecule has 7 heteroatoms. The first-order valence-corrected chi connectivity index (χ1v) is 10.1. The third-order valence-electron chi connectivity index (χ3n) is 5.76. The molecule has 4 rings (SSSR count). The highest BCUT2D eigenvalue weighted by Gasteiger charge is 2.30. The van der Waals surface area contributed by atoms with E-state index in [4.69, 9.17) is 18.6 Å². The first-order valence-electron chi connectivity index (χ1n) is 10.1. The molecule has 1 aromatic heterocycles. The van der Waals surface area contributed by atoms with Crippen molar-refractivity contribution in [2.75, 3.05) is 21.3 Å². The van der Waals surface area contributed by atoms with Crippen LogP contribution in [-0.2, 0) is 11.2 Å². The van der Waals surface area contributed by atoms with Gasteiger partial charge in [-0.3, -0.25) is 4.79 Å². The van der Waals surface area contributed by atoms with E-state index in [1.807, 2.05) is 25.1 Å². The van der Waals surface area contributed by atoms with E-state index in [2.05, 4.69) is 5.32 Å². The zero-order chi connectivity index (χ0) is 22.3. The van der Waals surface area contributed by atoms with Gasteiger partial charge in [0, 0.05) is 23.9 Å². The number of aryl methyl sites for hydroxylation is 2. The average Bonchev–Trinajstić information content (AvgIpc) is 2.87. The highest BCUT2D eigenvalue weighted by atomic mass is 16.5. The standard InChI is InChI=1S/C24H25NO6/c1-12-8-21(27)31-19-11-16-17(10-15(12)19)22-14(6-7-18(16)25-13(2)26)9-20(28-3)23(29-4)24(22)30-5/h8-11,18H,6-7H2,1-5H3,(H,25,26)/t18-/m0/s1. The van der Waals surface area contributed by atoms with Crippen molar-refractivity contribution >= 4 is 16.9 Å². The van der Waals surface area contributed by atoms with E-state index >= 15 is 0 Å². The third-order valence-corrected chi connectivity index (χ3v) is 5.76. The lowest BCUT2D eigenvalue weighted by Crippen LogP contribution is -2.26. The van der Waals surface area contributed by atoms with Crippen LogP contribution in [0.2, 0.25) is 0 Å². The number of ether oxygens (including phenoxy) is 3. The Morgan fingerprint density at radius 2 is 1.81 bits per heavy atom. The number of rotatable bonds is 4. The molecule has 0 bridgehead atoms. The number of hydrogen-bond acceptors (Lipinski definition) is 6. The molecule has 0 fully saturated rings. The van der Waals surface area contributed by atoms with Gasteiger partial charge >= 0.3 is 5.63 Å². The fourth-order valence-corrected chi connectivity index (χ4v) is 4.44. The van der Waals surface area contributed by atoms with Crippen LogP contribution in [-0.4, -0.2) is 27.2 Å². The van der Waals surface area contributed by atoms with E-state index in [1.54, 1.807) is 21.3 Å². The summed E-state index contributed by atoms with van der Waals surface area (Å²) in [5.74, 6) is 1.52. The monoisotopic (exact) mass is 423 g/mol. The lowest BCUT2D eigenvalue weighted by Gasteiger charge is -2.21. The molecular weight excluding hydrogens is 398 g/mol. The molecule has 7 nitrogen and oxygen atoms in total. The maximum atomic E-state index is 12.0. The van der Waals surface area contributed by atoms with E-state index in [0.29, 0.717) is 35.7 Å². The van der Waals surface area contributed by atoms with Gasteiger partial charge in [-0.05, 0) is 60.2 Å². The number of hydrogen-bond donors (Lipinski definition) is 1. The van der Waals surface area contributed by atoms with Gasteiger partial charge in [-0.2, -0.15) is 0 Å². The molecule has 162 valence electrons. The summed E-state index contributed by atoms with van der Waals surface area (Å²) < 4.78 is 22.4. The summed E-state index contributed by atoms with van der Waals surface area (Å²) in [5.41, 5.74) is 4.57. The highest BCUT2D eigenvalue weighted by Crippen LogP contribution is 2.51. The van der Waals surface area contributed by atoms with Gasteiger partial charge in [0.05, 0.1) is 27.4 Å². The van der Waals surface area contributed by atoms with Crippen molar-refractivity contribution in [1.82, 2.24) is 5.32 Å². The zero-order valence-corrected chi connectivity index (χ0v) is 18.3. The molecule has 0 radical (unpaired) electrons. The summed E-state index contributed by atoms with van der Waals surface area (Å²) in [5, 5.41) is 3.86. The van der Waals surface area contributed by atoms with Crippen LogP contribution < -0.4 is 25.2 Å². The SMILES string of the molecule is COc1cc2c(c(OC)c1OC)-c1cc3c(C)cc(=O)oc3cc1[C@@H](NC(C)=O)CC2.